The van der Waals surface area contributed by atoms with E-state index in [4.69, 9.17) is 0 Å². The number of amides is 2. The van der Waals surface area contributed by atoms with E-state index in [1.807, 2.05) is 12.1 Å². The quantitative estimate of drug-likeness (QED) is 0.774. The highest BCUT2D eigenvalue weighted by molar-refractivity contribution is 5.97. The molecule has 0 bridgehead atoms. The molecule has 2 aromatic heterocycles. The second kappa shape index (κ2) is 5.26. The molecule has 1 fully saturated rings. The van der Waals surface area contributed by atoms with Crippen molar-refractivity contribution in [3.05, 3.63) is 18.3 Å². The molecule has 2 aromatic rings. The van der Waals surface area contributed by atoms with E-state index >= 15 is 0 Å². The number of fused-ring (bicyclic) bond motifs is 1. The molecule has 0 spiro atoms. The zero-order valence-electron chi connectivity index (χ0n) is 10.6. The number of carbonyl (C=O) groups is 1. The first-order valence-corrected chi connectivity index (χ1v) is 6.69. The summed E-state index contributed by atoms with van der Waals surface area (Å²) >= 11 is 0. The van der Waals surface area contributed by atoms with E-state index in [9.17, 15) is 4.79 Å². The second-order valence-corrected chi connectivity index (χ2v) is 4.91. The molecule has 1 saturated carbocycles. The minimum atomic E-state index is -0.179. The van der Waals surface area contributed by atoms with Crippen molar-refractivity contribution in [1.29, 1.82) is 0 Å². The molecule has 1 aliphatic rings. The first-order valence-electron chi connectivity index (χ1n) is 6.69. The number of pyridine rings is 1. The number of aromatic amines is 1. The van der Waals surface area contributed by atoms with E-state index in [1.165, 1.54) is 19.3 Å². The molecule has 2 heterocycles. The van der Waals surface area contributed by atoms with E-state index in [1.54, 1.807) is 6.20 Å². The van der Waals surface area contributed by atoms with Gasteiger partial charge in [-0.3, -0.25) is 10.4 Å². The van der Waals surface area contributed by atoms with E-state index < -0.39 is 0 Å². The van der Waals surface area contributed by atoms with E-state index in [2.05, 4.69) is 25.8 Å². The summed E-state index contributed by atoms with van der Waals surface area (Å²) in [5.74, 6) is 0.594. The molecular formula is C13H17N5O. The van der Waals surface area contributed by atoms with Gasteiger partial charge in [0.2, 0.25) is 0 Å². The number of H-pyrrole nitrogens is 1. The molecule has 0 aromatic carbocycles. The van der Waals surface area contributed by atoms with Crippen LogP contribution in [0.2, 0.25) is 0 Å². The van der Waals surface area contributed by atoms with Crippen molar-refractivity contribution in [3.63, 3.8) is 0 Å². The van der Waals surface area contributed by atoms with Crippen molar-refractivity contribution in [2.75, 3.05) is 5.32 Å². The van der Waals surface area contributed by atoms with Gasteiger partial charge in [0, 0.05) is 12.2 Å². The molecule has 6 nitrogen and oxygen atoms in total. The highest BCUT2D eigenvalue weighted by atomic mass is 16.2. The van der Waals surface area contributed by atoms with E-state index in [0.29, 0.717) is 17.5 Å². The van der Waals surface area contributed by atoms with E-state index in [0.717, 1.165) is 18.2 Å². The summed E-state index contributed by atoms with van der Waals surface area (Å²) in [6.07, 6.45) is 7.48. The molecule has 100 valence electrons. The maximum atomic E-state index is 11.9. The predicted molar refractivity (Wildman–Crippen MR) is 72.9 cm³/mol. The van der Waals surface area contributed by atoms with Gasteiger partial charge in [-0.25, -0.2) is 9.78 Å². The van der Waals surface area contributed by atoms with Gasteiger partial charge in [0.25, 0.3) is 0 Å². The largest absolute Gasteiger partial charge is 0.335 e. The average Bonchev–Trinajstić information content (AvgIpc) is 2.83. The Morgan fingerprint density at radius 3 is 3.00 bits per heavy atom. The number of nitrogens with one attached hydrogen (secondary N) is 3. The van der Waals surface area contributed by atoms with Crippen molar-refractivity contribution >= 4 is 22.9 Å². The van der Waals surface area contributed by atoms with Crippen LogP contribution in [0.3, 0.4) is 0 Å². The third-order valence-electron chi connectivity index (χ3n) is 3.51. The average molecular weight is 259 g/mol. The van der Waals surface area contributed by atoms with Crippen molar-refractivity contribution in [3.8, 4) is 0 Å². The molecule has 0 unspecified atom stereocenters. The highest BCUT2D eigenvalue weighted by Gasteiger charge is 2.16. The summed E-state index contributed by atoms with van der Waals surface area (Å²) in [6.45, 7) is 0. The monoisotopic (exact) mass is 259 g/mol. The number of aromatic nitrogens is 3. The Balaban J connectivity index is 1.65. The van der Waals surface area contributed by atoms with Crippen LogP contribution >= 0.6 is 0 Å². The normalized spacial score (nSPS) is 16.4. The van der Waals surface area contributed by atoms with Gasteiger partial charge in [0.15, 0.2) is 5.65 Å². The SMILES string of the molecule is O=C(Nc1[nH]nc2ncccc12)NC1CCCCC1. The number of urea groups is 1. The molecule has 1 aliphatic carbocycles. The number of carbonyl (C=O) groups excluding carboxylic acids is 1. The van der Waals surface area contributed by atoms with Crippen LogP contribution in [-0.4, -0.2) is 27.3 Å². The fraction of sp³-hybridized carbons (Fsp3) is 0.462. The Kier molecular flexibility index (Phi) is 3.31. The Morgan fingerprint density at radius 1 is 1.32 bits per heavy atom. The van der Waals surface area contributed by atoms with Crippen LogP contribution in [0.4, 0.5) is 10.6 Å². The molecule has 6 heteroatoms. The highest BCUT2D eigenvalue weighted by Crippen LogP contribution is 2.19. The van der Waals surface area contributed by atoms with Crippen molar-refractivity contribution in [2.24, 2.45) is 0 Å². The summed E-state index contributed by atoms with van der Waals surface area (Å²) in [4.78, 5) is 16.0. The van der Waals surface area contributed by atoms with Crippen LogP contribution in [-0.2, 0) is 0 Å². The van der Waals surface area contributed by atoms with Crippen molar-refractivity contribution < 1.29 is 4.79 Å². The minimum Gasteiger partial charge on any atom is -0.335 e. The fourth-order valence-corrected chi connectivity index (χ4v) is 2.53. The lowest BCUT2D eigenvalue weighted by Gasteiger charge is -2.22. The molecule has 3 N–H and O–H groups in total. The first-order chi connectivity index (χ1) is 9.33. The van der Waals surface area contributed by atoms with Crippen molar-refractivity contribution in [1.82, 2.24) is 20.5 Å². The third kappa shape index (κ3) is 2.67. The lowest BCUT2D eigenvalue weighted by atomic mass is 9.96. The molecule has 19 heavy (non-hydrogen) atoms. The summed E-state index contributed by atoms with van der Waals surface area (Å²) in [6, 6.07) is 3.81. The smallest absolute Gasteiger partial charge is 0.320 e. The number of nitrogens with zero attached hydrogens (tertiary/aromatic N) is 2. The summed E-state index contributed by atoms with van der Waals surface area (Å²) in [7, 11) is 0. The van der Waals surface area contributed by atoms with Crippen molar-refractivity contribution in [2.45, 2.75) is 38.1 Å². The number of anilines is 1. The minimum absolute atomic E-state index is 0.179. The van der Waals surface area contributed by atoms with E-state index in [-0.39, 0.29) is 6.03 Å². The standard InChI is InChI=1S/C13H17N5O/c19-13(15-9-5-2-1-3-6-9)16-12-10-7-4-8-14-11(10)17-18-12/h4,7-9H,1-3,5-6H2,(H3,14,15,16,17,18,19). The summed E-state index contributed by atoms with van der Waals surface area (Å²) < 4.78 is 0. The number of hydrogen-bond donors (Lipinski definition) is 3. The summed E-state index contributed by atoms with van der Waals surface area (Å²) in [5, 5.41) is 13.5. The second-order valence-electron chi connectivity index (χ2n) is 4.91. The van der Waals surface area contributed by atoms with Crippen LogP contribution in [0.5, 0.6) is 0 Å². The van der Waals surface area contributed by atoms with Crippen LogP contribution in [0.25, 0.3) is 11.0 Å². The Hall–Kier alpha value is -2.11. The summed E-state index contributed by atoms with van der Waals surface area (Å²) in [5.41, 5.74) is 0.607. The molecule has 2 amide bonds. The lowest BCUT2D eigenvalue weighted by molar-refractivity contribution is 0.244. The predicted octanol–water partition coefficient (Wildman–Crippen LogP) is 2.41. The fourth-order valence-electron chi connectivity index (χ4n) is 2.53. The van der Waals surface area contributed by atoms with Gasteiger partial charge >= 0.3 is 6.03 Å². The van der Waals surface area contributed by atoms with Gasteiger partial charge in [0.05, 0.1) is 5.39 Å². The third-order valence-corrected chi connectivity index (χ3v) is 3.51. The number of rotatable bonds is 2. The molecule has 0 aliphatic heterocycles. The number of hydrogen-bond acceptors (Lipinski definition) is 3. The van der Waals surface area contributed by atoms with Crippen LogP contribution in [0, 0.1) is 0 Å². The topological polar surface area (TPSA) is 82.7 Å². The van der Waals surface area contributed by atoms with Gasteiger partial charge in [0.1, 0.15) is 5.82 Å². The molecule has 0 atom stereocenters. The van der Waals surface area contributed by atoms with Gasteiger partial charge < -0.3 is 5.32 Å². The molecular weight excluding hydrogens is 242 g/mol. The maximum absolute atomic E-state index is 11.9. The van der Waals surface area contributed by atoms with Crippen LogP contribution < -0.4 is 10.6 Å². The lowest BCUT2D eigenvalue weighted by Crippen LogP contribution is -2.39. The maximum Gasteiger partial charge on any atom is 0.320 e. The van der Waals surface area contributed by atoms with Gasteiger partial charge in [-0.1, -0.05) is 19.3 Å². The first kappa shape index (κ1) is 12.0. The Morgan fingerprint density at radius 2 is 2.16 bits per heavy atom. The van der Waals surface area contributed by atoms with Gasteiger partial charge in [-0.05, 0) is 25.0 Å². The van der Waals surface area contributed by atoms with Crippen LogP contribution in [0.15, 0.2) is 18.3 Å². The van der Waals surface area contributed by atoms with Crippen LogP contribution in [0.1, 0.15) is 32.1 Å². The molecule has 3 rings (SSSR count). The van der Waals surface area contributed by atoms with Gasteiger partial charge in [-0.2, -0.15) is 5.10 Å². The molecule has 0 radical (unpaired) electrons. The Labute approximate surface area is 111 Å². The Bertz CT molecular complexity index is 573. The molecule has 0 saturated heterocycles. The zero-order chi connectivity index (χ0) is 13.1. The zero-order valence-corrected chi connectivity index (χ0v) is 10.6. The van der Waals surface area contributed by atoms with Gasteiger partial charge in [-0.15, -0.1) is 0 Å².